The number of unbranched alkanes of at least 4 members (excludes halogenated alkanes) is 2. The molecule has 0 aliphatic carbocycles. The number of aliphatic hydroxyl groups excluding tert-OH is 1. The molecule has 1 spiro atoms. The van der Waals surface area contributed by atoms with Crippen LogP contribution in [0.5, 0.6) is 0 Å². The molecule has 11 heteroatoms. The minimum atomic E-state index is -1.25. The summed E-state index contributed by atoms with van der Waals surface area (Å²) < 4.78 is 12.1. The summed E-state index contributed by atoms with van der Waals surface area (Å²) in [4.78, 5) is 58.0. The first-order valence-corrected chi connectivity index (χ1v) is 16.8. The molecular formula is C34H46BrN3O7. The maximum atomic E-state index is 14.4. The zero-order valence-corrected chi connectivity index (χ0v) is 27.8. The Bertz CT molecular complexity index is 1250. The number of fused-ring (bicyclic) bond motifs is 1. The van der Waals surface area contributed by atoms with E-state index < -0.39 is 53.5 Å². The molecule has 0 aromatic heterocycles. The molecule has 3 amide bonds. The van der Waals surface area contributed by atoms with Crippen molar-refractivity contribution in [3.8, 4) is 0 Å². The summed E-state index contributed by atoms with van der Waals surface area (Å²) in [5.74, 6) is -3.30. The molecule has 10 nitrogen and oxygen atoms in total. The Labute approximate surface area is 274 Å². The molecule has 3 aliphatic heterocycles. The van der Waals surface area contributed by atoms with Crippen molar-refractivity contribution in [2.24, 2.45) is 11.8 Å². The summed E-state index contributed by atoms with van der Waals surface area (Å²) in [6.07, 6.45) is 6.41. The van der Waals surface area contributed by atoms with Crippen molar-refractivity contribution in [1.82, 2.24) is 15.1 Å². The van der Waals surface area contributed by atoms with Gasteiger partial charge in [-0.2, -0.15) is 0 Å². The molecule has 3 saturated heterocycles. The van der Waals surface area contributed by atoms with Gasteiger partial charge in [-0.25, -0.2) is 0 Å². The third kappa shape index (κ3) is 7.05. The van der Waals surface area contributed by atoms with Crippen LogP contribution >= 0.6 is 15.9 Å². The third-order valence-electron chi connectivity index (χ3n) is 9.18. The normalized spacial score (nSPS) is 27.9. The van der Waals surface area contributed by atoms with Gasteiger partial charge >= 0.3 is 5.97 Å². The van der Waals surface area contributed by atoms with Gasteiger partial charge in [0.15, 0.2) is 0 Å². The van der Waals surface area contributed by atoms with Crippen molar-refractivity contribution >= 4 is 39.6 Å². The number of likely N-dealkylation sites (tertiary alicyclic amines) is 1. The van der Waals surface area contributed by atoms with Crippen LogP contribution in [0.15, 0.2) is 55.6 Å². The monoisotopic (exact) mass is 687 g/mol. The van der Waals surface area contributed by atoms with Gasteiger partial charge in [0.25, 0.3) is 0 Å². The van der Waals surface area contributed by atoms with Gasteiger partial charge in [0.2, 0.25) is 17.7 Å². The number of esters is 1. The molecule has 0 saturated carbocycles. The van der Waals surface area contributed by atoms with E-state index in [1.165, 1.54) is 4.90 Å². The average Bonchev–Trinajstić information content (AvgIpc) is 3.64. The molecule has 45 heavy (non-hydrogen) atoms. The molecule has 4 rings (SSSR count). The van der Waals surface area contributed by atoms with Crippen molar-refractivity contribution in [3.05, 3.63) is 61.2 Å². The Kier molecular flexibility index (Phi) is 12.0. The van der Waals surface area contributed by atoms with Gasteiger partial charge in [-0.15, -0.1) is 13.2 Å². The van der Waals surface area contributed by atoms with E-state index in [0.29, 0.717) is 25.9 Å². The first-order chi connectivity index (χ1) is 21.6. The zero-order chi connectivity index (χ0) is 32.7. The number of carbonyl (C=O) groups is 4. The summed E-state index contributed by atoms with van der Waals surface area (Å²) in [6.45, 7) is 11.6. The largest absolute Gasteiger partial charge is 0.463 e. The fourth-order valence-corrected chi connectivity index (χ4v) is 7.97. The molecule has 3 fully saturated rings. The molecule has 3 heterocycles. The SMILES string of the molecule is C=CCCC(=O)OC[C@H](NC(=O)[C@@H]1[C@H]2O[C@@]3(CC2Br)[C@H](C(=O)N(CC=C)CCCCC)N([C@H](C)CO)C(=O)[C@@H]13)c1ccccc1. The highest BCUT2D eigenvalue weighted by atomic mass is 79.9. The van der Waals surface area contributed by atoms with Crippen molar-refractivity contribution in [3.63, 3.8) is 0 Å². The molecule has 2 bridgehead atoms. The number of hydrogen-bond acceptors (Lipinski definition) is 7. The topological polar surface area (TPSA) is 125 Å². The van der Waals surface area contributed by atoms with Gasteiger partial charge in [0.1, 0.15) is 18.2 Å². The van der Waals surface area contributed by atoms with Crippen LogP contribution in [0.2, 0.25) is 0 Å². The first kappa shape index (κ1) is 34.8. The van der Waals surface area contributed by atoms with Gasteiger partial charge in [-0.05, 0) is 31.7 Å². The summed E-state index contributed by atoms with van der Waals surface area (Å²) in [7, 11) is 0. The number of rotatable bonds is 17. The Hall–Kier alpha value is -3.02. The van der Waals surface area contributed by atoms with Crippen LogP contribution in [0.1, 0.15) is 64.0 Å². The lowest BCUT2D eigenvalue weighted by Gasteiger charge is -2.38. The molecule has 1 aromatic rings. The lowest BCUT2D eigenvalue weighted by atomic mass is 9.70. The van der Waals surface area contributed by atoms with Crippen molar-refractivity contribution in [2.75, 3.05) is 26.3 Å². The summed E-state index contributed by atoms with van der Waals surface area (Å²) in [5.41, 5.74) is -0.507. The molecule has 246 valence electrons. The Morgan fingerprint density at radius 2 is 1.98 bits per heavy atom. The fourth-order valence-electron chi connectivity index (χ4n) is 7.02. The van der Waals surface area contributed by atoms with Crippen LogP contribution < -0.4 is 5.32 Å². The number of aliphatic hydroxyl groups is 1. The third-order valence-corrected chi connectivity index (χ3v) is 10.0. The summed E-state index contributed by atoms with van der Waals surface area (Å²) >= 11 is 3.71. The molecule has 0 radical (unpaired) electrons. The van der Waals surface area contributed by atoms with E-state index in [0.717, 1.165) is 24.8 Å². The standard InChI is InChI=1S/C34H46BrN3O7/c1-5-8-13-18-37(17-7-3)33(43)30-34-19-24(35)29(45-34)27(28(34)32(42)38(30)22(4)20-39)31(41)36-25(23-14-11-10-12-15-23)21-44-26(40)16-9-6-2/h6-7,10-12,14-15,22,24-25,27-30,39H,2-3,5,8-9,13,16-21H2,1,4H3,(H,36,41)/t22-,24?,25+,27+,28-,29+,30+,34-/m1/s1. The predicted octanol–water partition coefficient (Wildman–Crippen LogP) is 3.69. The molecule has 1 unspecified atom stereocenters. The van der Waals surface area contributed by atoms with E-state index in [9.17, 15) is 24.3 Å². The minimum Gasteiger partial charge on any atom is -0.463 e. The number of amides is 3. The van der Waals surface area contributed by atoms with E-state index in [1.807, 2.05) is 30.3 Å². The molecule has 8 atom stereocenters. The van der Waals surface area contributed by atoms with Crippen LogP contribution in [0.25, 0.3) is 0 Å². The number of benzene rings is 1. The van der Waals surface area contributed by atoms with Gasteiger partial charge in [0, 0.05) is 24.3 Å². The number of halogens is 1. The van der Waals surface area contributed by atoms with Crippen molar-refractivity contribution in [1.29, 1.82) is 0 Å². The van der Waals surface area contributed by atoms with Crippen molar-refractivity contribution < 1.29 is 33.8 Å². The highest BCUT2D eigenvalue weighted by Gasteiger charge is 2.77. The molecular weight excluding hydrogens is 642 g/mol. The first-order valence-electron chi connectivity index (χ1n) is 15.9. The summed E-state index contributed by atoms with van der Waals surface area (Å²) in [5, 5.41) is 13.2. The van der Waals surface area contributed by atoms with Crippen LogP contribution in [-0.4, -0.2) is 93.5 Å². The fraction of sp³-hybridized carbons (Fsp3) is 0.588. The van der Waals surface area contributed by atoms with Gasteiger partial charge in [-0.3, -0.25) is 19.2 Å². The van der Waals surface area contributed by atoms with E-state index in [-0.39, 0.29) is 36.3 Å². The maximum absolute atomic E-state index is 14.4. The second kappa shape index (κ2) is 15.5. The van der Waals surface area contributed by atoms with Gasteiger partial charge in [0.05, 0.1) is 36.6 Å². The van der Waals surface area contributed by atoms with E-state index in [4.69, 9.17) is 9.47 Å². The Morgan fingerprint density at radius 1 is 1.24 bits per heavy atom. The van der Waals surface area contributed by atoms with Crippen LogP contribution in [0, 0.1) is 11.8 Å². The van der Waals surface area contributed by atoms with E-state index >= 15 is 0 Å². The van der Waals surface area contributed by atoms with Gasteiger partial charge < -0.3 is 29.7 Å². The minimum absolute atomic E-state index is 0.0888. The van der Waals surface area contributed by atoms with E-state index in [2.05, 4.69) is 41.3 Å². The Morgan fingerprint density at radius 3 is 2.62 bits per heavy atom. The number of nitrogens with one attached hydrogen (secondary N) is 1. The van der Waals surface area contributed by atoms with E-state index in [1.54, 1.807) is 24.0 Å². The predicted molar refractivity (Wildman–Crippen MR) is 173 cm³/mol. The second-order valence-electron chi connectivity index (χ2n) is 12.2. The highest BCUT2D eigenvalue weighted by molar-refractivity contribution is 9.09. The summed E-state index contributed by atoms with van der Waals surface area (Å²) in [6, 6.07) is 6.85. The molecule has 2 N–H and O–H groups in total. The lowest BCUT2D eigenvalue weighted by molar-refractivity contribution is -0.150. The average molecular weight is 689 g/mol. The Balaban J connectivity index is 1.65. The quantitative estimate of drug-likeness (QED) is 0.111. The number of nitrogens with zero attached hydrogens (tertiary/aromatic N) is 2. The van der Waals surface area contributed by atoms with Crippen LogP contribution in [-0.2, 0) is 28.7 Å². The number of hydrogen-bond donors (Lipinski definition) is 2. The second-order valence-corrected chi connectivity index (χ2v) is 13.4. The zero-order valence-electron chi connectivity index (χ0n) is 26.2. The van der Waals surface area contributed by atoms with Crippen LogP contribution in [0.4, 0.5) is 0 Å². The van der Waals surface area contributed by atoms with Gasteiger partial charge in [-0.1, -0.05) is 78.2 Å². The maximum Gasteiger partial charge on any atom is 0.306 e. The van der Waals surface area contributed by atoms with Crippen LogP contribution in [0.3, 0.4) is 0 Å². The number of alkyl halides is 1. The number of ether oxygens (including phenoxy) is 2. The van der Waals surface area contributed by atoms with Crippen molar-refractivity contribution in [2.45, 2.75) is 87.0 Å². The molecule has 3 aliphatic rings. The number of allylic oxidation sites excluding steroid dienone is 1. The molecule has 1 aromatic carbocycles. The smallest absolute Gasteiger partial charge is 0.306 e. The highest BCUT2D eigenvalue weighted by Crippen LogP contribution is 2.60. The lowest BCUT2D eigenvalue weighted by Crippen LogP contribution is -2.58. The number of carbonyl (C=O) groups excluding carboxylic acids is 4.